The van der Waals surface area contributed by atoms with Crippen molar-refractivity contribution >= 4 is 9.84 Å². The van der Waals surface area contributed by atoms with Gasteiger partial charge in [0.1, 0.15) is 0 Å². The fraction of sp³-hybridized carbons (Fsp3) is 1.00. The van der Waals surface area contributed by atoms with Crippen LogP contribution in [-0.2, 0) is 9.84 Å². The maximum Gasteiger partial charge on any atom is 0.453 e. The van der Waals surface area contributed by atoms with Crippen molar-refractivity contribution in [2.45, 2.75) is 31.9 Å². The van der Waals surface area contributed by atoms with Gasteiger partial charge in [0.25, 0.3) is 0 Å². The Bertz CT molecular complexity index is 352. The molecule has 1 atom stereocenters. The molecule has 0 amide bonds. The van der Waals surface area contributed by atoms with Crippen molar-refractivity contribution in [3.05, 3.63) is 0 Å². The van der Waals surface area contributed by atoms with E-state index in [1.165, 1.54) is 0 Å². The van der Waals surface area contributed by atoms with Crippen LogP contribution < -0.4 is 5.73 Å². The molecule has 0 aliphatic rings. The third-order valence-corrected chi connectivity index (χ3v) is 4.24. The molecule has 0 aliphatic carbocycles. The lowest BCUT2D eigenvalue weighted by molar-refractivity contribution is -0.282. The predicted octanol–water partition coefficient (Wildman–Crippen LogP) is 1.97. The summed E-state index contributed by atoms with van der Waals surface area (Å²) in [5.74, 6) is -6.96. The first kappa shape index (κ1) is 17.6. The first-order valence-corrected chi connectivity index (χ1v) is 7.08. The molecule has 0 aromatic carbocycles. The molecule has 0 rings (SSSR count). The lowest BCUT2D eigenvalue weighted by Gasteiger charge is -2.19. The maximum atomic E-state index is 12.5. The molecule has 0 saturated carbocycles. The second kappa shape index (κ2) is 6.14. The first-order valence-electron chi connectivity index (χ1n) is 5.26. The van der Waals surface area contributed by atoms with Gasteiger partial charge in [0.15, 0.2) is 9.84 Å². The lowest BCUT2D eigenvalue weighted by Crippen LogP contribution is -2.38. The second-order valence-corrected chi connectivity index (χ2v) is 6.48. The third-order valence-electron chi connectivity index (χ3n) is 2.34. The minimum Gasteiger partial charge on any atom is -0.330 e. The highest BCUT2D eigenvalue weighted by Crippen LogP contribution is 2.38. The largest absolute Gasteiger partial charge is 0.453 e. The molecule has 3 nitrogen and oxygen atoms in total. The van der Waals surface area contributed by atoms with Gasteiger partial charge in [-0.05, 0) is 18.9 Å². The third kappa shape index (κ3) is 5.94. The fourth-order valence-corrected chi connectivity index (χ4v) is 3.08. The standard InChI is InChI=1S/C9H16F5NO2S/c1-7(2-4-15)6-18(16,17)5-3-8(10,11)9(12,13)14/h7H,2-6,15H2,1H3. The quantitative estimate of drug-likeness (QED) is 0.731. The topological polar surface area (TPSA) is 60.2 Å². The Kier molecular flexibility index (Phi) is 5.99. The molecule has 2 N–H and O–H groups in total. The molecule has 9 heteroatoms. The van der Waals surface area contributed by atoms with E-state index in [0.29, 0.717) is 6.42 Å². The van der Waals surface area contributed by atoms with E-state index in [4.69, 9.17) is 5.73 Å². The zero-order valence-corrected chi connectivity index (χ0v) is 10.6. The van der Waals surface area contributed by atoms with Crippen molar-refractivity contribution < 1.29 is 30.4 Å². The molecule has 0 spiro atoms. The highest BCUT2D eigenvalue weighted by Gasteiger charge is 2.57. The van der Waals surface area contributed by atoms with Gasteiger partial charge in [0, 0.05) is 6.42 Å². The summed E-state index contributed by atoms with van der Waals surface area (Å²) in [6.07, 6.45) is -7.09. The van der Waals surface area contributed by atoms with Gasteiger partial charge < -0.3 is 5.73 Å². The number of nitrogens with two attached hydrogens (primary N) is 1. The molecule has 110 valence electrons. The van der Waals surface area contributed by atoms with Crippen LogP contribution in [0.25, 0.3) is 0 Å². The maximum absolute atomic E-state index is 12.5. The summed E-state index contributed by atoms with van der Waals surface area (Å²) in [6.45, 7) is 1.78. The van der Waals surface area contributed by atoms with Crippen LogP contribution in [0, 0.1) is 5.92 Å². The summed E-state index contributed by atoms with van der Waals surface area (Å²) in [6, 6.07) is 0. The molecule has 0 bridgehead atoms. The lowest BCUT2D eigenvalue weighted by atomic mass is 10.1. The van der Waals surface area contributed by atoms with E-state index >= 15 is 0 Å². The molecule has 0 aromatic rings. The molecule has 0 aromatic heterocycles. The van der Waals surface area contributed by atoms with Gasteiger partial charge in [0.05, 0.1) is 11.5 Å². The van der Waals surface area contributed by atoms with E-state index in [-0.39, 0.29) is 12.5 Å². The monoisotopic (exact) mass is 297 g/mol. The van der Waals surface area contributed by atoms with Gasteiger partial charge in [-0.1, -0.05) is 6.92 Å². The summed E-state index contributed by atoms with van der Waals surface area (Å²) in [5.41, 5.74) is 5.19. The summed E-state index contributed by atoms with van der Waals surface area (Å²) in [7, 11) is -3.93. The normalized spacial score (nSPS) is 15.7. The number of hydrogen-bond donors (Lipinski definition) is 1. The number of alkyl halides is 5. The second-order valence-electron chi connectivity index (χ2n) is 4.25. The van der Waals surface area contributed by atoms with E-state index in [1.807, 2.05) is 0 Å². The highest BCUT2D eigenvalue weighted by molar-refractivity contribution is 7.91. The van der Waals surface area contributed by atoms with E-state index < -0.39 is 39.9 Å². The van der Waals surface area contributed by atoms with E-state index in [2.05, 4.69) is 0 Å². The molecular weight excluding hydrogens is 281 g/mol. The van der Waals surface area contributed by atoms with Crippen molar-refractivity contribution in [3.8, 4) is 0 Å². The van der Waals surface area contributed by atoms with Gasteiger partial charge in [-0.3, -0.25) is 0 Å². The van der Waals surface area contributed by atoms with Gasteiger partial charge in [-0.25, -0.2) is 8.42 Å². The highest BCUT2D eigenvalue weighted by atomic mass is 32.2. The Balaban J connectivity index is 4.45. The van der Waals surface area contributed by atoms with Crippen LogP contribution in [0.4, 0.5) is 22.0 Å². The van der Waals surface area contributed by atoms with Crippen molar-refractivity contribution in [3.63, 3.8) is 0 Å². The number of sulfone groups is 1. The number of hydrogen-bond acceptors (Lipinski definition) is 3. The number of halogens is 5. The Morgan fingerprint density at radius 2 is 1.67 bits per heavy atom. The minimum absolute atomic E-state index is 0.232. The average Bonchev–Trinajstić information content (AvgIpc) is 2.13. The van der Waals surface area contributed by atoms with Gasteiger partial charge in [-0.2, -0.15) is 22.0 Å². The van der Waals surface area contributed by atoms with E-state index in [1.54, 1.807) is 6.92 Å². The minimum atomic E-state index is -5.72. The fourth-order valence-electron chi connectivity index (χ4n) is 1.31. The SMILES string of the molecule is CC(CCN)CS(=O)(=O)CCC(F)(F)C(F)(F)F. The van der Waals surface area contributed by atoms with Crippen LogP contribution in [0.3, 0.4) is 0 Å². The summed E-state index contributed by atoms with van der Waals surface area (Å²) in [4.78, 5) is 0. The van der Waals surface area contributed by atoms with Crippen LogP contribution in [0.1, 0.15) is 19.8 Å². The van der Waals surface area contributed by atoms with Crippen LogP contribution in [0.2, 0.25) is 0 Å². The summed E-state index contributed by atoms with van der Waals surface area (Å²) >= 11 is 0. The van der Waals surface area contributed by atoms with Gasteiger partial charge >= 0.3 is 12.1 Å². The van der Waals surface area contributed by atoms with Gasteiger partial charge in [-0.15, -0.1) is 0 Å². The van der Waals surface area contributed by atoms with Crippen LogP contribution >= 0.6 is 0 Å². The van der Waals surface area contributed by atoms with Crippen LogP contribution in [-0.4, -0.2) is 38.6 Å². The Morgan fingerprint density at radius 3 is 2.06 bits per heavy atom. The van der Waals surface area contributed by atoms with Crippen molar-refractivity contribution in [2.75, 3.05) is 18.1 Å². The van der Waals surface area contributed by atoms with Crippen molar-refractivity contribution in [1.82, 2.24) is 0 Å². The molecule has 0 saturated heterocycles. The molecule has 0 heterocycles. The Morgan fingerprint density at radius 1 is 1.17 bits per heavy atom. The smallest absolute Gasteiger partial charge is 0.330 e. The Hall–Kier alpha value is -0.440. The predicted molar refractivity (Wildman–Crippen MR) is 57.1 cm³/mol. The van der Waals surface area contributed by atoms with Gasteiger partial charge in [0.2, 0.25) is 0 Å². The number of rotatable bonds is 7. The Labute approximate surface area is 102 Å². The molecule has 0 radical (unpaired) electrons. The summed E-state index contributed by atoms with van der Waals surface area (Å²) < 4.78 is 83.3. The molecular formula is C9H16F5NO2S. The van der Waals surface area contributed by atoms with E-state index in [0.717, 1.165) is 0 Å². The molecule has 0 aliphatic heterocycles. The first-order chi connectivity index (χ1) is 7.91. The molecule has 0 fully saturated rings. The summed E-state index contributed by atoms with van der Waals surface area (Å²) in [5, 5.41) is 0. The van der Waals surface area contributed by atoms with E-state index in [9.17, 15) is 30.4 Å². The zero-order chi connectivity index (χ0) is 14.6. The van der Waals surface area contributed by atoms with Crippen molar-refractivity contribution in [1.29, 1.82) is 0 Å². The van der Waals surface area contributed by atoms with Crippen LogP contribution in [0.15, 0.2) is 0 Å². The molecule has 18 heavy (non-hydrogen) atoms. The van der Waals surface area contributed by atoms with Crippen LogP contribution in [0.5, 0.6) is 0 Å². The zero-order valence-electron chi connectivity index (χ0n) is 9.80. The average molecular weight is 297 g/mol. The molecule has 1 unspecified atom stereocenters. The van der Waals surface area contributed by atoms with Crippen molar-refractivity contribution in [2.24, 2.45) is 11.7 Å².